The molecule has 0 saturated carbocycles. The van der Waals surface area contributed by atoms with Crippen LogP contribution < -0.4 is 4.57 Å². The Labute approximate surface area is 143 Å². The summed E-state index contributed by atoms with van der Waals surface area (Å²) in [7, 11) is 1.97. The molecule has 0 spiro atoms. The first-order valence-electron chi connectivity index (χ1n) is 7.87. The highest BCUT2D eigenvalue weighted by atomic mass is 16.6. The summed E-state index contributed by atoms with van der Waals surface area (Å²) in [5, 5.41) is 20.7. The van der Waals surface area contributed by atoms with Crippen LogP contribution in [0.4, 0.5) is 5.95 Å². The highest BCUT2D eigenvalue weighted by Gasteiger charge is 2.31. The molecule has 3 aromatic rings. The molecular weight excluding hydrogens is 320 g/mol. The Morgan fingerprint density at radius 2 is 2.20 bits per heavy atom. The number of aryl methyl sites for hydroxylation is 2. The zero-order valence-electron chi connectivity index (χ0n) is 13.8. The minimum absolute atomic E-state index is 0.0157. The van der Waals surface area contributed by atoms with E-state index in [1.165, 1.54) is 22.8 Å². The highest BCUT2D eigenvalue weighted by molar-refractivity contribution is 5.76. The average molecular weight is 336 g/mol. The summed E-state index contributed by atoms with van der Waals surface area (Å²) in [4.78, 5) is 15.1. The van der Waals surface area contributed by atoms with Gasteiger partial charge in [0.25, 0.3) is 5.70 Å². The number of nitro groups is 1. The fourth-order valence-electron chi connectivity index (χ4n) is 3.22. The third-order valence-corrected chi connectivity index (χ3v) is 4.55. The van der Waals surface area contributed by atoms with Crippen LogP contribution in [0.2, 0.25) is 0 Å². The van der Waals surface area contributed by atoms with E-state index in [2.05, 4.69) is 45.1 Å². The number of hydrogen-bond acceptors (Lipinski definition) is 4. The molecule has 8 nitrogen and oxygen atoms in total. The van der Waals surface area contributed by atoms with Crippen molar-refractivity contribution in [3.8, 4) is 0 Å². The molecule has 126 valence electrons. The van der Waals surface area contributed by atoms with Crippen molar-refractivity contribution in [2.45, 2.75) is 19.4 Å². The van der Waals surface area contributed by atoms with E-state index in [1.807, 2.05) is 19.2 Å². The van der Waals surface area contributed by atoms with Gasteiger partial charge in [0.05, 0.1) is 17.7 Å². The zero-order chi connectivity index (χ0) is 17.6. The lowest BCUT2D eigenvalue weighted by Crippen LogP contribution is -2.37. The molecule has 1 unspecified atom stereocenters. The van der Waals surface area contributed by atoms with E-state index in [0.29, 0.717) is 12.4 Å². The summed E-state index contributed by atoms with van der Waals surface area (Å²) in [6.45, 7) is 2.05. The predicted octanol–water partition coefficient (Wildman–Crippen LogP) is 2.48. The van der Waals surface area contributed by atoms with E-state index < -0.39 is 11.0 Å². The van der Waals surface area contributed by atoms with Crippen LogP contribution >= 0.6 is 0 Å². The maximum absolute atomic E-state index is 11.4. The van der Waals surface area contributed by atoms with Crippen LogP contribution in [0.5, 0.6) is 0 Å². The minimum atomic E-state index is -0.543. The molecule has 0 fully saturated rings. The normalized spacial score (nSPS) is 16.2. The van der Waals surface area contributed by atoms with Crippen molar-refractivity contribution in [2.75, 3.05) is 0 Å². The quantitative estimate of drug-likeness (QED) is 0.417. The Morgan fingerprint density at radius 1 is 1.36 bits per heavy atom. The number of hydrogen-bond donors (Lipinski definition) is 0. The summed E-state index contributed by atoms with van der Waals surface area (Å²) in [5.74, 6) is 0.384. The van der Waals surface area contributed by atoms with Gasteiger partial charge in [-0.05, 0) is 19.1 Å². The van der Waals surface area contributed by atoms with Gasteiger partial charge in [0, 0.05) is 29.7 Å². The van der Waals surface area contributed by atoms with Crippen LogP contribution in [-0.4, -0.2) is 19.7 Å². The predicted molar refractivity (Wildman–Crippen MR) is 90.7 cm³/mol. The summed E-state index contributed by atoms with van der Waals surface area (Å²) >= 11 is 0. The monoisotopic (exact) mass is 336 g/mol. The molecule has 2 aromatic heterocycles. The molecule has 25 heavy (non-hydrogen) atoms. The fourth-order valence-corrected chi connectivity index (χ4v) is 3.22. The smallest absolute Gasteiger partial charge is 0.259 e. The van der Waals surface area contributed by atoms with Crippen LogP contribution in [0.1, 0.15) is 17.3 Å². The lowest BCUT2D eigenvalue weighted by Gasteiger charge is -2.25. The Kier molecular flexibility index (Phi) is 3.45. The van der Waals surface area contributed by atoms with Gasteiger partial charge in [0.2, 0.25) is 5.52 Å². The minimum Gasteiger partial charge on any atom is -0.359 e. The standard InChI is InChI=1S/C17H16N6O2/c1-11-3-6-14-12(7-11)4-5-13(21(14)2)8-15-16(23(24)25)9-18-17-19-10-20-22(15)17/h3-7,9-10,15H,8H2,1-2H3. The van der Waals surface area contributed by atoms with Crippen molar-refractivity contribution >= 4 is 16.9 Å². The number of allylic oxidation sites excluding steroid dienone is 1. The maximum atomic E-state index is 11.4. The lowest BCUT2D eigenvalue weighted by molar-refractivity contribution is -0.653. The van der Waals surface area contributed by atoms with E-state index in [9.17, 15) is 10.1 Å². The van der Waals surface area contributed by atoms with Crippen molar-refractivity contribution in [2.24, 2.45) is 7.05 Å². The molecule has 0 N–H and O–H groups in total. The first-order valence-corrected chi connectivity index (χ1v) is 7.87. The van der Waals surface area contributed by atoms with Crippen molar-refractivity contribution in [3.05, 3.63) is 75.2 Å². The second kappa shape index (κ2) is 5.66. The van der Waals surface area contributed by atoms with Gasteiger partial charge in [0.1, 0.15) is 13.1 Å². The summed E-state index contributed by atoms with van der Waals surface area (Å²) in [6, 6.07) is 9.75. The van der Waals surface area contributed by atoms with Gasteiger partial charge in [-0.2, -0.15) is 4.57 Å². The van der Waals surface area contributed by atoms with Crippen LogP contribution in [-0.2, 0) is 13.5 Å². The molecule has 0 bridgehead atoms. The van der Waals surface area contributed by atoms with Crippen molar-refractivity contribution in [1.82, 2.24) is 14.8 Å². The Morgan fingerprint density at radius 3 is 3.00 bits per heavy atom. The maximum Gasteiger partial charge on any atom is 0.259 e. The van der Waals surface area contributed by atoms with E-state index in [1.54, 1.807) is 0 Å². The molecule has 1 aromatic carbocycles. The topological polar surface area (TPSA) is 91.8 Å². The fraction of sp³-hybridized carbons (Fsp3) is 0.235. The third-order valence-electron chi connectivity index (χ3n) is 4.55. The molecule has 3 heterocycles. The Hall–Kier alpha value is -3.29. The molecule has 8 heteroatoms. The van der Waals surface area contributed by atoms with E-state index in [4.69, 9.17) is 0 Å². The van der Waals surface area contributed by atoms with Gasteiger partial charge < -0.3 is 15.0 Å². The van der Waals surface area contributed by atoms with Crippen LogP contribution in [0, 0.1) is 17.0 Å². The highest BCUT2D eigenvalue weighted by Crippen LogP contribution is 2.33. The molecule has 0 aliphatic carbocycles. The van der Waals surface area contributed by atoms with Crippen molar-refractivity contribution in [1.29, 1.82) is 0 Å². The molecule has 1 aliphatic heterocycles. The average Bonchev–Trinajstić information content (AvgIpc) is 3.06. The largest absolute Gasteiger partial charge is 0.359 e. The van der Waals surface area contributed by atoms with Crippen molar-refractivity contribution in [3.63, 3.8) is 0 Å². The molecule has 0 radical (unpaired) electrons. The SMILES string of the molecule is Cc1ccc2c(ccc(CC3C([N+](=O)[O-])=C[N-]c4ncnn43)[n+]2C)c1. The molecule has 1 atom stereocenters. The van der Waals surface area contributed by atoms with Crippen LogP contribution in [0.15, 0.2) is 48.6 Å². The second-order valence-corrected chi connectivity index (χ2v) is 6.11. The first kappa shape index (κ1) is 15.3. The van der Waals surface area contributed by atoms with Gasteiger partial charge in [-0.15, -0.1) is 0 Å². The van der Waals surface area contributed by atoms with Gasteiger partial charge in [-0.25, -0.2) is 5.10 Å². The van der Waals surface area contributed by atoms with Gasteiger partial charge in [0.15, 0.2) is 5.69 Å². The van der Waals surface area contributed by atoms with Crippen molar-refractivity contribution < 1.29 is 9.49 Å². The molecule has 1 aliphatic rings. The molecular formula is C17H16N6O2. The zero-order valence-corrected chi connectivity index (χ0v) is 13.8. The number of pyridine rings is 1. The lowest BCUT2D eigenvalue weighted by atomic mass is 10.0. The number of benzene rings is 1. The number of aromatic nitrogens is 4. The number of fused-ring (bicyclic) bond motifs is 2. The Bertz CT molecular complexity index is 1020. The van der Waals surface area contributed by atoms with E-state index in [-0.39, 0.29) is 5.70 Å². The van der Waals surface area contributed by atoms with Crippen LogP contribution in [0.3, 0.4) is 0 Å². The summed E-state index contributed by atoms with van der Waals surface area (Å²) < 4.78 is 3.58. The third kappa shape index (κ3) is 2.51. The van der Waals surface area contributed by atoms with Gasteiger partial charge in [-0.3, -0.25) is 10.1 Å². The van der Waals surface area contributed by atoms with E-state index >= 15 is 0 Å². The molecule has 0 saturated heterocycles. The summed E-state index contributed by atoms with van der Waals surface area (Å²) in [5.41, 5.74) is 3.26. The summed E-state index contributed by atoms with van der Waals surface area (Å²) in [6.07, 6.45) is 3.07. The number of rotatable bonds is 3. The van der Waals surface area contributed by atoms with Gasteiger partial charge in [-0.1, -0.05) is 11.6 Å². The molecule has 0 amide bonds. The first-order chi connectivity index (χ1) is 12.0. The molecule has 4 rings (SSSR count). The van der Waals surface area contributed by atoms with Gasteiger partial charge >= 0.3 is 0 Å². The van der Waals surface area contributed by atoms with Crippen LogP contribution in [0.25, 0.3) is 16.2 Å². The van der Waals surface area contributed by atoms with E-state index in [0.717, 1.165) is 16.6 Å². The Balaban J connectivity index is 1.78. The number of nitrogens with zero attached hydrogens (tertiary/aromatic N) is 6. The second-order valence-electron chi connectivity index (χ2n) is 6.11.